The van der Waals surface area contributed by atoms with E-state index in [9.17, 15) is 9.18 Å². The molecule has 1 aliphatic rings. The highest BCUT2D eigenvalue weighted by molar-refractivity contribution is 5.79. The number of anilines is 1. The third-order valence-corrected chi connectivity index (χ3v) is 3.90. The van der Waals surface area contributed by atoms with Crippen LogP contribution in [0.3, 0.4) is 0 Å². The lowest BCUT2D eigenvalue weighted by molar-refractivity contribution is -0.130. The third-order valence-electron chi connectivity index (χ3n) is 3.90. The topological polar surface area (TPSA) is 36.4 Å². The monoisotopic (exact) mass is 299 g/mol. The zero-order chi connectivity index (χ0) is 15.4. The molecule has 1 aromatic heterocycles. The van der Waals surface area contributed by atoms with Gasteiger partial charge in [0.25, 0.3) is 0 Å². The van der Waals surface area contributed by atoms with E-state index in [0.717, 1.165) is 24.3 Å². The Hall–Kier alpha value is -2.43. The summed E-state index contributed by atoms with van der Waals surface area (Å²) in [5, 5.41) is 0. The van der Waals surface area contributed by atoms with Gasteiger partial charge in [-0.1, -0.05) is 6.07 Å². The maximum atomic E-state index is 13.0. The van der Waals surface area contributed by atoms with Gasteiger partial charge in [-0.05, 0) is 35.9 Å². The largest absolute Gasteiger partial charge is 0.368 e. The molecule has 2 aromatic rings. The molecule has 0 aliphatic carbocycles. The van der Waals surface area contributed by atoms with Crippen LogP contribution in [0.2, 0.25) is 0 Å². The predicted octanol–water partition coefficient (Wildman–Crippen LogP) is 2.11. The SMILES string of the molecule is O=C(Cc1cccnc1)N1CCN(c2ccc(F)cc2)CC1. The van der Waals surface area contributed by atoms with Gasteiger partial charge in [-0.15, -0.1) is 0 Å². The molecule has 1 aliphatic heterocycles. The summed E-state index contributed by atoms with van der Waals surface area (Å²) in [6.07, 6.45) is 3.83. The number of aromatic nitrogens is 1. The van der Waals surface area contributed by atoms with Crippen LogP contribution in [0.5, 0.6) is 0 Å². The van der Waals surface area contributed by atoms with Gasteiger partial charge >= 0.3 is 0 Å². The van der Waals surface area contributed by atoms with E-state index in [1.807, 2.05) is 17.0 Å². The number of hydrogen-bond acceptors (Lipinski definition) is 3. The Morgan fingerprint density at radius 2 is 1.82 bits per heavy atom. The van der Waals surface area contributed by atoms with Crippen molar-refractivity contribution in [3.8, 4) is 0 Å². The van der Waals surface area contributed by atoms with Gasteiger partial charge in [0.2, 0.25) is 5.91 Å². The fourth-order valence-electron chi connectivity index (χ4n) is 2.66. The Balaban J connectivity index is 1.55. The van der Waals surface area contributed by atoms with Crippen molar-refractivity contribution in [2.24, 2.45) is 0 Å². The van der Waals surface area contributed by atoms with Crippen molar-refractivity contribution in [1.82, 2.24) is 9.88 Å². The quantitative estimate of drug-likeness (QED) is 0.871. The number of rotatable bonds is 3. The molecule has 114 valence electrons. The number of hydrogen-bond donors (Lipinski definition) is 0. The molecule has 1 saturated heterocycles. The molecule has 1 fully saturated rings. The number of halogens is 1. The molecule has 4 nitrogen and oxygen atoms in total. The van der Waals surface area contributed by atoms with Crippen LogP contribution in [-0.2, 0) is 11.2 Å². The van der Waals surface area contributed by atoms with E-state index in [4.69, 9.17) is 0 Å². The lowest BCUT2D eigenvalue weighted by Crippen LogP contribution is -2.49. The summed E-state index contributed by atoms with van der Waals surface area (Å²) in [7, 11) is 0. The van der Waals surface area contributed by atoms with E-state index in [-0.39, 0.29) is 11.7 Å². The molecule has 3 rings (SSSR count). The molecule has 2 heterocycles. The van der Waals surface area contributed by atoms with Crippen LogP contribution in [0.25, 0.3) is 0 Å². The van der Waals surface area contributed by atoms with Gasteiger partial charge in [-0.25, -0.2) is 4.39 Å². The van der Waals surface area contributed by atoms with Gasteiger partial charge in [0, 0.05) is 44.3 Å². The van der Waals surface area contributed by atoms with Crippen LogP contribution in [0.15, 0.2) is 48.8 Å². The highest BCUT2D eigenvalue weighted by Crippen LogP contribution is 2.17. The summed E-state index contributed by atoms with van der Waals surface area (Å²) in [5.74, 6) is -0.0965. The second kappa shape index (κ2) is 6.56. The minimum absolute atomic E-state index is 0.131. The van der Waals surface area contributed by atoms with E-state index in [2.05, 4.69) is 9.88 Å². The van der Waals surface area contributed by atoms with Crippen molar-refractivity contribution in [2.75, 3.05) is 31.1 Å². The Bertz CT molecular complexity index is 622. The maximum absolute atomic E-state index is 13.0. The molecule has 1 aromatic carbocycles. The first kappa shape index (κ1) is 14.5. The third kappa shape index (κ3) is 3.42. The molecular weight excluding hydrogens is 281 g/mol. The average molecular weight is 299 g/mol. The van der Waals surface area contributed by atoms with Gasteiger partial charge in [-0.2, -0.15) is 0 Å². The molecule has 0 bridgehead atoms. The number of carbonyl (C=O) groups is 1. The molecule has 0 radical (unpaired) electrons. The minimum Gasteiger partial charge on any atom is -0.368 e. The molecule has 0 spiro atoms. The van der Waals surface area contributed by atoms with Crippen molar-refractivity contribution in [1.29, 1.82) is 0 Å². The molecular formula is C17H18FN3O. The number of benzene rings is 1. The normalized spacial score (nSPS) is 15.0. The second-order valence-corrected chi connectivity index (χ2v) is 5.38. The second-order valence-electron chi connectivity index (χ2n) is 5.38. The van der Waals surface area contributed by atoms with Crippen LogP contribution in [0, 0.1) is 5.82 Å². The van der Waals surface area contributed by atoms with E-state index >= 15 is 0 Å². The fraction of sp³-hybridized carbons (Fsp3) is 0.294. The molecule has 1 amide bonds. The summed E-state index contributed by atoms with van der Waals surface area (Å²) < 4.78 is 13.0. The van der Waals surface area contributed by atoms with Crippen LogP contribution in [-0.4, -0.2) is 42.0 Å². The highest BCUT2D eigenvalue weighted by atomic mass is 19.1. The van der Waals surface area contributed by atoms with E-state index in [1.54, 1.807) is 24.5 Å². The predicted molar refractivity (Wildman–Crippen MR) is 83.1 cm³/mol. The summed E-state index contributed by atoms with van der Waals surface area (Å²) in [4.78, 5) is 20.4. The minimum atomic E-state index is -0.228. The van der Waals surface area contributed by atoms with Crippen LogP contribution in [0.4, 0.5) is 10.1 Å². The van der Waals surface area contributed by atoms with Crippen molar-refractivity contribution >= 4 is 11.6 Å². The Labute approximate surface area is 129 Å². The molecule has 0 atom stereocenters. The summed E-state index contributed by atoms with van der Waals surface area (Å²) >= 11 is 0. The molecule has 22 heavy (non-hydrogen) atoms. The van der Waals surface area contributed by atoms with E-state index in [1.165, 1.54) is 12.1 Å². The van der Waals surface area contributed by atoms with Gasteiger partial charge in [0.15, 0.2) is 0 Å². The van der Waals surface area contributed by atoms with Gasteiger partial charge in [0.1, 0.15) is 5.82 Å². The van der Waals surface area contributed by atoms with Crippen LogP contribution in [0.1, 0.15) is 5.56 Å². The van der Waals surface area contributed by atoms with Crippen LogP contribution < -0.4 is 4.90 Å². The Morgan fingerprint density at radius 1 is 1.09 bits per heavy atom. The number of amides is 1. The number of carbonyl (C=O) groups excluding carboxylic acids is 1. The first-order valence-electron chi connectivity index (χ1n) is 7.39. The van der Waals surface area contributed by atoms with Crippen molar-refractivity contribution in [3.63, 3.8) is 0 Å². The number of pyridine rings is 1. The van der Waals surface area contributed by atoms with Gasteiger partial charge in [0.05, 0.1) is 6.42 Å². The summed E-state index contributed by atoms with van der Waals surface area (Å²) in [6.45, 7) is 2.92. The molecule has 0 saturated carbocycles. The first-order valence-corrected chi connectivity index (χ1v) is 7.39. The zero-order valence-electron chi connectivity index (χ0n) is 12.3. The number of nitrogens with zero attached hydrogens (tertiary/aromatic N) is 3. The summed E-state index contributed by atoms with van der Waals surface area (Å²) in [5.41, 5.74) is 1.94. The molecule has 0 N–H and O–H groups in total. The molecule has 5 heteroatoms. The lowest BCUT2D eigenvalue weighted by Gasteiger charge is -2.36. The summed E-state index contributed by atoms with van der Waals surface area (Å²) in [6, 6.07) is 10.3. The van der Waals surface area contributed by atoms with Crippen molar-refractivity contribution in [3.05, 3.63) is 60.2 Å². The smallest absolute Gasteiger partial charge is 0.227 e. The fourth-order valence-corrected chi connectivity index (χ4v) is 2.66. The van der Waals surface area contributed by atoms with E-state index in [0.29, 0.717) is 19.5 Å². The van der Waals surface area contributed by atoms with Crippen molar-refractivity contribution in [2.45, 2.75) is 6.42 Å². The van der Waals surface area contributed by atoms with Crippen molar-refractivity contribution < 1.29 is 9.18 Å². The average Bonchev–Trinajstić information content (AvgIpc) is 2.57. The van der Waals surface area contributed by atoms with E-state index < -0.39 is 0 Å². The molecule has 0 unspecified atom stereocenters. The van der Waals surface area contributed by atoms with Gasteiger partial charge < -0.3 is 9.80 Å². The Kier molecular flexibility index (Phi) is 4.32. The number of piperazine rings is 1. The standard InChI is InChI=1S/C17H18FN3O/c18-15-3-5-16(6-4-15)20-8-10-21(11-9-20)17(22)12-14-2-1-7-19-13-14/h1-7,13H,8-12H2. The first-order chi connectivity index (χ1) is 10.7. The maximum Gasteiger partial charge on any atom is 0.227 e. The highest BCUT2D eigenvalue weighted by Gasteiger charge is 2.21. The van der Waals surface area contributed by atoms with Crippen LogP contribution >= 0.6 is 0 Å². The Morgan fingerprint density at radius 3 is 2.45 bits per heavy atom. The zero-order valence-corrected chi connectivity index (χ0v) is 12.3. The lowest BCUT2D eigenvalue weighted by atomic mass is 10.1. The van der Waals surface area contributed by atoms with Gasteiger partial charge in [-0.3, -0.25) is 9.78 Å².